The minimum atomic E-state index is -0.504. The highest BCUT2D eigenvalue weighted by molar-refractivity contribution is 6.02. The Kier molecular flexibility index (Phi) is 6.81. The molecule has 0 bridgehead atoms. The van der Waals surface area contributed by atoms with Crippen LogP contribution in [-0.2, 0) is 11.2 Å². The number of anilines is 1. The molecule has 0 radical (unpaired) electrons. The van der Waals surface area contributed by atoms with Crippen LogP contribution < -0.4 is 15.8 Å². The van der Waals surface area contributed by atoms with Crippen LogP contribution in [0.25, 0.3) is 11.7 Å². The SMILES string of the molecule is CN1CCN(c2nc3ccccn3c(=O)c2/C=C(\C#N)C(=O)NCCc2ccccc2)CC1. The van der Waals surface area contributed by atoms with Gasteiger partial charge in [0.1, 0.15) is 23.1 Å². The lowest BCUT2D eigenvalue weighted by Crippen LogP contribution is -2.45. The first-order valence-electron chi connectivity index (χ1n) is 11.0. The smallest absolute Gasteiger partial charge is 0.267 e. The van der Waals surface area contributed by atoms with Gasteiger partial charge in [-0.05, 0) is 37.2 Å². The van der Waals surface area contributed by atoms with Crippen molar-refractivity contribution < 1.29 is 4.79 Å². The van der Waals surface area contributed by atoms with Crippen molar-refractivity contribution in [2.75, 3.05) is 44.7 Å². The van der Waals surface area contributed by atoms with Gasteiger partial charge in [-0.25, -0.2) is 4.98 Å². The molecular formula is C25H26N6O2. The first-order valence-corrected chi connectivity index (χ1v) is 11.0. The van der Waals surface area contributed by atoms with Gasteiger partial charge in [-0.3, -0.25) is 14.0 Å². The van der Waals surface area contributed by atoms with Gasteiger partial charge in [0.05, 0.1) is 5.56 Å². The molecule has 0 saturated carbocycles. The summed E-state index contributed by atoms with van der Waals surface area (Å²) in [5, 5.41) is 12.5. The third kappa shape index (κ3) is 5.10. The van der Waals surface area contributed by atoms with Crippen molar-refractivity contribution in [1.82, 2.24) is 19.6 Å². The van der Waals surface area contributed by atoms with Crippen molar-refractivity contribution in [2.45, 2.75) is 6.42 Å². The van der Waals surface area contributed by atoms with Gasteiger partial charge in [0.15, 0.2) is 0 Å². The Balaban J connectivity index is 1.65. The molecule has 168 valence electrons. The zero-order valence-corrected chi connectivity index (χ0v) is 18.6. The summed E-state index contributed by atoms with van der Waals surface area (Å²) in [4.78, 5) is 35.0. The number of carbonyl (C=O) groups excluding carboxylic acids is 1. The molecular weight excluding hydrogens is 416 g/mol. The number of fused-ring (bicyclic) bond motifs is 1. The molecule has 1 aromatic carbocycles. The Morgan fingerprint density at radius 2 is 1.85 bits per heavy atom. The molecule has 0 unspecified atom stereocenters. The maximum atomic E-state index is 13.3. The first-order chi connectivity index (χ1) is 16.1. The van der Waals surface area contributed by atoms with Crippen LogP contribution in [0.4, 0.5) is 5.82 Å². The van der Waals surface area contributed by atoms with Crippen LogP contribution in [0.2, 0.25) is 0 Å². The summed E-state index contributed by atoms with van der Waals surface area (Å²) in [5.41, 5.74) is 1.44. The largest absolute Gasteiger partial charge is 0.353 e. The zero-order valence-electron chi connectivity index (χ0n) is 18.6. The van der Waals surface area contributed by atoms with Gasteiger partial charge in [-0.1, -0.05) is 36.4 Å². The molecule has 1 saturated heterocycles. The number of pyridine rings is 1. The molecule has 0 spiro atoms. The molecule has 1 amide bonds. The fraction of sp³-hybridized carbons (Fsp3) is 0.280. The van der Waals surface area contributed by atoms with Crippen molar-refractivity contribution in [3.05, 3.63) is 81.8 Å². The van der Waals surface area contributed by atoms with Crippen LogP contribution >= 0.6 is 0 Å². The highest BCUT2D eigenvalue weighted by Crippen LogP contribution is 2.20. The second kappa shape index (κ2) is 10.1. The molecule has 4 rings (SSSR count). The summed E-state index contributed by atoms with van der Waals surface area (Å²) in [6.07, 6.45) is 3.67. The van der Waals surface area contributed by atoms with Gasteiger partial charge < -0.3 is 15.1 Å². The Hall–Kier alpha value is -3.96. The Labute approximate surface area is 192 Å². The lowest BCUT2D eigenvalue weighted by molar-refractivity contribution is -0.117. The molecule has 1 aliphatic rings. The van der Waals surface area contributed by atoms with E-state index in [1.54, 1.807) is 18.3 Å². The number of hydrogen-bond donors (Lipinski definition) is 1. The Bertz CT molecular complexity index is 1270. The third-order valence-corrected chi connectivity index (χ3v) is 5.75. The van der Waals surface area contributed by atoms with E-state index in [1.807, 2.05) is 47.4 Å². The van der Waals surface area contributed by atoms with E-state index in [1.165, 1.54) is 10.5 Å². The topological polar surface area (TPSA) is 93.7 Å². The molecule has 1 N–H and O–H groups in total. The molecule has 0 atom stereocenters. The van der Waals surface area contributed by atoms with Gasteiger partial charge in [0.2, 0.25) is 0 Å². The van der Waals surface area contributed by atoms with E-state index < -0.39 is 5.91 Å². The highest BCUT2D eigenvalue weighted by atomic mass is 16.1. The number of likely N-dealkylation sites (N-methyl/N-ethyl adjacent to an activating group) is 1. The van der Waals surface area contributed by atoms with Gasteiger partial charge in [0, 0.05) is 38.9 Å². The van der Waals surface area contributed by atoms with Crippen molar-refractivity contribution in [3.8, 4) is 6.07 Å². The van der Waals surface area contributed by atoms with E-state index in [0.29, 0.717) is 37.5 Å². The van der Waals surface area contributed by atoms with Crippen LogP contribution in [0.5, 0.6) is 0 Å². The Morgan fingerprint density at radius 3 is 2.58 bits per heavy atom. The monoisotopic (exact) mass is 442 g/mol. The summed E-state index contributed by atoms with van der Waals surface area (Å²) in [7, 11) is 2.05. The lowest BCUT2D eigenvalue weighted by Gasteiger charge is -2.34. The normalized spacial score (nSPS) is 14.8. The molecule has 2 aromatic heterocycles. The summed E-state index contributed by atoms with van der Waals surface area (Å²) in [6, 6.07) is 17.1. The molecule has 3 aromatic rings. The number of hydrogen-bond acceptors (Lipinski definition) is 6. The van der Waals surface area contributed by atoms with Crippen molar-refractivity contribution in [2.24, 2.45) is 0 Å². The molecule has 1 fully saturated rings. The minimum absolute atomic E-state index is 0.117. The van der Waals surface area contributed by atoms with Crippen LogP contribution in [0.1, 0.15) is 11.1 Å². The molecule has 33 heavy (non-hydrogen) atoms. The second-order valence-electron chi connectivity index (χ2n) is 8.03. The standard InChI is InChI=1S/C25H26N6O2/c1-29-13-15-30(16-14-29)23-21(25(33)31-12-6-5-9-22(31)28-23)17-20(18-26)24(32)27-11-10-19-7-3-2-4-8-19/h2-9,12,17H,10-11,13-16H2,1H3,(H,27,32)/b20-17+. The first kappa shape index (κ1) is 22.2. The maximum absolute atomic E-state index is 13.3. The molecule has 0 aliphatic carbocycles. The minimum Gasteiger partial charge on any atom is -0.353 e. The van der Waals surface area contributed by atoms with E-state index in [0.717, 1.165) is 18.7 Å². The number of rotatable bonds is 6. The number of piperazine rings is 1. The van der Waals surface area contributed by atoms with Crippen molar-refractivity contribution in [3.63, 3.8) is 0 Å². The summed E-state index contributed by atoms with van der Waals surface area (Å²) in [6.45, 7) is 3.48. The predicted octanol–water partition coefficient (Wildman–Crippen LogP) is 1.71. The zero-order chi connectivity index (χ0) is 23.2. The quantitative estimate of drug-likeness (QED) is 0.462. The highest BCUT2D eigenvalue weighted by Gasteiger charge is 2.22. The van der Waals surface area contributed by atoms with Crippen LogP contribution in [-0.4, -0.2) is 60.0 Å². The number of nitrogens with zero attached hydrogens (tertiary/aromatic N) is 5. The number of benzene rings is 1. The molecule has 8 nitrogen and oxygen atoms in total. The van der Waals surface area contributed by atoms with E-state index in [4.69, 9.17) is 4.98 Å². The van der Waals surface area contributed by atoms with E-state index in [9.17, 15) is 14.9 Å². The predicted molar refractivity (Wildman–Crippen MR) is 128 cm³/mol. The molecule has 1 aliphatic heterocycles. The van der Waals surface area contributed by atoms with E-state index in [-0.39, 0.29) is 16.7 Å². The summed E-state index contributed by atoms with van der Waals surface area (Å²) >= 11 is 0. The Morgan fingerprint density at radius 1 is 1.12 bits per heavy atom. The third-order valence-electron chi connectivity index (χ3n) is 5.75. The summed E-state index contributed by atoms with van der Waals surface area (Å²) < 4.78 is 1.44. The van der Waals surface area contributed by atoms with Gasteiger partial charge in [-0.15, -0.1) is 0 Å². The average Bonchev–Trinajstić information content (AvgIpc) is 2.84. The van der Waals surface area contributed by atoms with Gasteiger partial charge in [0.25, 0.3) is 11.5 Å². The number of amides is 1. The number of aromatic nitrogens is 2. The van der Waals surface area contributed by atoms with E-state index in [2.05, 4.69) is 17.3 Å². The summed E-state index contributed by atoms with van der Waals surface area (Å²) in [5.74, 6) is -0.000507. The second-order valence-corrected chi connectivity index (χ2v) is 8.03. The maximum Gasteiger partial charge on any atom is 0.267 e. The fourth-order valence-electron chi connectivity index (χ4n) is 3.83. The average molecular weight is 443 g/mol. The number of nitrogens with one attached hydrogen (secondary N) is 1. The van der Waals surface area contributed by atoms with Crippen LogP contribution in [0.3, 0.4) is 0 Å². The number of nitriles is 1. The van der Waals surface area contributed by atoms with Gasteiger partial charge in [-0.2, -0.15) is 5.26 Å². The molecule has 3 heterocycles. The van der Waals surface area contributed by atoms with Crippen LogP contribution in [0, 0.1) is 11.3 Å². The van der Waals surface area contributed by atoms with Crippen LogP contribution in [0.15, 0.2) is 65.1 Å². The van der Waals surface area contributed by atoms with Crippen molar-refractivity contribution in [1.29, 1.82) is 5.26 Å². The van der Waals surface area contributed by atoms with Gasteiger partial charge >= 0.3 is 0 Å². The number of carbonyl (C=O) groups is 1. The van der Waals surface area contributed by atoms with E-state index >= 15 is 0 Å². The fourth-order valence-corrected chi connectivity index (χ4v) is 3.83. The molecule has 8 heteroatoms. The lowest BCUT2D eigenvalue weighted by atomic mass is 10.1. The van der Waals surface area contributed by atoms with Crippen molar-refractivity contribution >= 4 is 23.4 Å².